The maximum atomic E-state index is 12.1. The summed E-state index contributed by atoms with van der Waals surface area (Å²) in [4.78, 5) is 9.09. The number of aromatic hydroxyl groups is 6. The van der Waals surface area contributed by atoms with Gasteiger partial charge in [-0.3, -0.25) is 9.98 Å². The van der Waals surface area contributed by atoms with Crippen LogP contribution < -0.4 is 0 Å². The molecule has 6 N–H and O–H groups in total. The number of aryl methyl sites for hydroxylation is 2. The van der Waals surface area contributed by atoms with Gasteiger partial charge in [-0.2, -0.15) is 0 Å². The second-order valence-electron chi connectivity index (χ2n) is 13.1. The molecule has 6 rings (SSSR count). The van der Waals surface area contributed by atoms with Crippen LogP contribution >= 0.6 is 0 Å². The van der Waals surface area contributed by atoms with Gasteiger partial charge in [0.05, 0.1) is 12.1 Å². The van der Waals surface area contributed by atoms with E-state index in [-0.39, 0.29) is 69.5 Å². The molecule has 0 spiro atoms. The molecule has 0 radical (unpaired) electrons. The zero-order valence-corrected chi connectivity index (χ0v) is 26.0. The zero-order valence-electron chi connectivity index (χ0n) is 26.0. The molecule has 0 aliphatic heterocycles. The van der Waals surface area contributed by atoms with Crippen LogP contribution in [0.4, 0.5) is 0 Å². The first-order valence-corrected chi connectivity index (χ1v) is 15.4. The lowest BCUT2D eigenvalue weighted by Gasteiger charge is -2.23. The molecular weight excluding hydrogens is 556 g/mol. The van der Waals surface area contributed by atoms with Crippen LogP contribution in [0.1, 0.15) is 98.6 Å². The quantitative estimate of drug-likeness (QED) is 0.0944. The van der Waals surface area contributed by atoms with Gasteiger partial charge in [0.1, 0.15) is 11.5 Å². The van der Waals surface area contributed by atoms with Crippen LogP contribution in [-0.2, 0) is 0 Å². The summed E-state index contributed by atoms with van der Waals surface area (Å²) < 4.78 is 0. The van der Waals surface area contributed by atoms with Crippen molar-refractivity contribution >= 4 is 34.0 Å². The normalized spacial score (nSPS) is 15.7. The van der Waals surface area contributed by atoms with Crippen molar-refractivity contribution in [1.82, 2.24) is 0 Å². The topological polar surface area (TPSA) is 146 Å². The van der Waals surface area contributed by atoms with E-state index >= 15 is 0 Å². The maximum Gasteiger partial charge on any atom is 0.167 e. The highest BCUT2D eigenvalue weighted by Crippen LogP contribution is 2.54. The molecule has 2 saturated carbocycles. The first-order chi connectivity index (χ1) is 20.8. The van der Waals surface area contributed by atoms with Crippen LogP contribution in [0.15, 0.2) is 22.1 Å². The SMILES string of the molecule is Cc1cc2c(C(C)C)c(O)c(O)c(C=NC3CC3)c2c(O)c1-c1c(C)cc2c(C(C)C)c(O)c(O)c(C=NC3CC3)c2c1O. The molecule has 0 unspecified atom stereocenters. The molecule has 4 aromatic rings. The average Bonchev–Trinajstić information content (AvgIpc) is 3.87. The largest absolute Gasteiger partial charge is 0.507 e. The summed E-state index contributed by atoms with van der Waals surface area (Å²) in [6.07, 6.45) is 6.82. The fourth-order valence-electron chi connectivity index (χ4n) is 6.43. The molecule has 230 valence electrons. The minimum atomic E-state index is -0.351. The maximum absolute atomic E-state index is 12.1. The van der Waals surface area contributed by atoms with Gasteiger partial charge in [-0.05, 0) is 73.3 Å². The van der Waals surface area contributed by atoms with E-state index in [9.17, 15) is 30.6 Å². The third-order valence-corrected chi connectivity index (χ3v) is 8.91. The highest BCUT2D eigenvalue weighted by molar-refractivity contribution is 6.15. The van der Waals surface area contributed by atoms with Crippen molar-refractivity contribution in [2.45, 2.75) is 91.1 Å². The van der Waals surface area contributed by atoms with Gasteiger partial charge in [-0.1, -0.05) is 39.8 Å². The van der Waals surface area contributed by atoms with Gasteiger partial charge >= 0.3 is 0 Å². The van der Waals surface area contributed by atoms with E-state index in [1.54, 1.807) is 0 Å². The van der Waals surface area contributed by atoms with Crippen molar-refractivity contribution in [2.75, 3.05) is 0 Å². The monoisotopic (exact) mass is 596 g/mol. The van der Waals surface area contributed by atoms with E-state index in [0.29, 0.717) is 54.9 Å². The van der Waals surface area contributed by atoms with Crippen molar-refractivity contribution in [3.63, 3.8) is 0 Å². The number of benzene rings is 4. The first-order valence-electron chi connectivity index (χ1n) is 15.4. The summed E-state index contributed by atoms with van der Waals surface area (Å²) in [6, 6.07) is 4.01. The third-order valence-electron chi connectivity index (χ3n) is 8.91. The van der Waals surface area contributed by atoms with Gasteiger partial charge in [-0.15, -0.1) is 0 Å². The summed E-state index contributed by atoms with van der Waals surface area (Å²) in [7, 11) is 0. The highest BCUT2D eigenvalue weighted by Gasteiger charge is 2.30. The molecular formula is C36H40N2O6. The minimum Gasteiger partial charge on any atom is -0.507 e. The zero-order chi connectivity index (χ0) is 31.8. The van der Waals surface area contributed by atoms with E-state index in [2.05, 4.69) is 9.98 Å². The first kappa shape index (κ1) is 29.6. The molecule has 0 saturated heterocycles. The van der Waals surface area contributed by atoms with Crippen LogP contribution in [0.2, 0.25) is 0 Å². The third kappa shape index (κ3) is 4.68. The molecule has 0 bridgehead atoms. The number of fused-ring (bicyclic) bond motifs is 2. The Kier molecular flexibility index (Phi) is 7.14. The van der Waals surface area contributed by atoms with Gasteiger partial charge in [-0.25, -0.2) is 0 Å². The smallest absolute Gasteiger partial charge is 0.167 e. The minimum absolute atomic E-state index is 0.144. The lowest BCUT2D eigenvalue weighted by Crippen LogP contribution is -2.01. The summed E-state index contributed by atoms with van der Waals surface area (Å²) in [5, 5.41) is 70.5. The van der Waals surface area contributed by atoms with Crippen molar-refractivity contribution in [3.8, 4) is 45.6 Å². The molecule has 8 heteroatoms. The van der Waals surface area contributed by atoms with Crippen LogP contribution in [0, 0.1) is 13.8 Å². The number of phenolic OH excluding ortho intramolecular Hbond substituents is 6. The summed E-state index contributed by atoms with van der Waals surface area (Å²) in [5.74, 6) is -1.84. The molecule has 0 aromatic heterocycles. The number of rotatable bonds is 7. The fraction of sp³-hybridized carbons (Fsp3) is 0.389. The number of phenols is 6. The van der Waals surface area contributed by atoms with Crippen LogP contribution in [0.25, 0.3) is 32.7 Å². The average molecular weight is 597 g/mol. The highest BCUT2D eigenvalue weighted by atomic mass is 16.3. The van der Waals surface area contributed by atoms with Crippen molar-refractivity contribution in [2.24, 2.45) is 9.98 Å². The Morgan fingerprint density at radius 3 is 1.20 bits per heavy atom. The molecule has 0 heterocycles. The van der Waals surface area contributed by atoms with Gasteiger partial charge in [0, 0.05) is 56.6 Å². The Labute approximate surface area is 256 Å². The molecule has 2 fully saturated rings. The Balaban J connectivity index is 1.74. The van der Waals surface area contributed by atoms with Gasteiger partial charge < -0.3 is 30.6 Å². The Bertz CT molecular complexity index is 1770. The van der Waals surface area contributed by atoms with Gasteiger partial charge in [0.15, 0.2) is 23.0 Å². The van der Waals surface area contributed by atoms with Crippen LogP contribution in [0.3, 0.4) is 0 Å². The Morgan fingerprint density at radius 2 is 0.909 bits per heavy atom. The molecule has 44 heavy (non-hydrogen) atoms. The molecule has 4 aromatic carbocycles. The summed E-state index contributed by atoms with van der Waals surface area (Å²) in [6.45, 7) is 11.3. The Morgan fingerprint density at radius 1 is 0.568 bits per heavy atom. The lowest BCUT2D eigenvalue weighted by atomic mass is 9.83. The predicted molar refractivity (Wildman–Crippen MR) is 176 cm³/mol. The van der Waals surface area contributed by atoms with Crippen molar-refractivity contribution in [1.29, 1.82) is 0 Å². The van der Waals surface area contributed by atoms with E-state index in [0.717, 1.165) is 25.7 Å². The summed E-state index contributed by atoms with van der Waals surface area (Å²) in [5.41, 5.74) is 3.45. The molecule has 0 amide bonds. The van der Waals surface area contributed by atoms with Crippen LogP contribution in [-0.4, -0.2) is 55.2 Å². The number of aliphatic imine (C=N–C) groups is 2. The molecule has 2 aliphatic carbocycles. The second-order valence-corrected chi connectivity index (χ2v) is 13.1. The van der Waals surface area contributed by atoms with E-state index < -0.39 is 0 Å². The Hall–Kier alpha value is -4.46. The van der Waals surface area contributed by atoms with Crippen molar-refractivity contribution < 1.29 is 30.6 Å². The lowest BCUT2D eigenvalue weighted by molar-refractivity contribution is 0.398. The number of hydrogen-bond acceptors (Lipinski definition) is 8. The molecule has 2 aliphatic rings. The van der Waals surface area contributed by atoms with Crippen molar-refractivity contribution in [3.05, 3.63) is 45.5 Å². The number of nitrogens with zero attached hydrogens (tertiary/aromatic N) is 2. The number of hydrogen-bond donors (Lipinski definition) is 6. The fourth-order valence-corrected chi connectivity index (χ4v) is 6.43. The standard InChI is InChI=1S/C36H40N2O6/c1-15(2)25-21-11-17(5)27(33(41)29(21)23(31(39)35(25)43)13-37-19-7-8-19)28-18(6)12-22-26(16(3)4)36(44)32(40)24(30(22)34(28)42)14-38-20-9-10-20/h11-16,19-20,39-44H,7-10H2,1-6H3. The second kappa shape index (κ2) is 10.6. The van der Waals surface area contributed by atoms with E-state index in [1.165, 1.54) is 12.4 Å². The van der Waals surface area contributed by atoms with E-state index in [4.69, 9.17) is 0 Å². The van der Waals surface area contributed by atoms with Gasteiger partial charge in [0.25, 0.3) is 0 Å². The predicted octanol–water partition coefficient (Wildman–Crippen LogP) is 7.92. The van der Waals surface area contributed by atoms with Gasteiger partial charge in [0.2, 0.25) is 0 Å². The molecule has 8 nitrogen and oxygen atoms in total. The van der Waals surface area contributed by atoms with Crippen LogP contribution in [0.5, 0.6) is 34.5 Å². The summed E-state index contributed by atoms with van der Waals surface area (Å²) >= 11 is 0. The van der Waals surface area contributed by atoms with E-state index in [1.807, 2.05) is 53.7 Å². The molecule has 0 atom stereocenters.